The Hall–Kier alpha value is -2.41. The Morgan fingerprint density at radius 1 is 1.46 bits per heavy atom. The first-order valence-electron chi connectivity index (χ1n) is 8.90. The molecule has 1 fully saturated rings. The van der Waals surface area contributed by atoms with Gasteiger partial charge in [-0.25, -0.2) is 4.39 Å². The predicted molar refractivity (Wildman–Crippen MR) is 94.7 cm³/mol. The molecule has 0 spiro atoms. The minimum atomic E-state index is -0.377. The van der Waals surface area contributed by atoms with Gasteiger partial charge in [-0.2, -0.15) is 5.10 Å². The van der Waals surface area contributed by atoms with Gasteiger partial charge in [0.15, 0.2) is 0 Å². The van der Waals surface area contributed by atoms with Crippen LogP contribution in [0.25, 0.3) is 0 Å². The Morgan fingerprint density at radius 3 is 3.08 bits per heavy atom. The van der Waals surface area contributed by atoms with Gasteiger partial charge in [-0.1, -0.05) is 19.4 Å². The number of aryl methyl sites for hydroxylation is 2. The number of carbonyl (C=O) groups excluding carboxylic acids is 1. The van der Waals surface area contributed by atoms with Crippen LogP contribution in [-0.4, -0.2) is 41.0 Å². The summed E-state index contributed by atoms with van der Waals surface area (Å²) in [6.45, 7) is 2.96. The van der Waals surface area contributed by atoms with E-state index >= 15 is 0 Å². The molecule has 0 saturated carbocycles. The van der Waals surface area contributed by atoms with Gasteiger partial charge >= 0.3 is 0 Å². The molecule has 0 aliphatic carbocycles. The fourth-order valence-electron chi connectivity index (χ4n) is 3.07. The van der Waals surface area contributed by atoms with Crippen LogP contribution in [0.15, 0.2) is 30.3 Å². The maximum Gasteiger partial charge on any atom is 0.269 e. The van der Waals surface area contributed by atoms with Gasteiger partial charge in [-0.05, 0) is 31.0 Å². The normalized spacial score (nSPS) is 20.0. The quantitative estimate of drug-likeness (QED) is 0.858. The summed E-state index contributed by atoms with van der Waals surface area (Å²) in [6.07, 6.45) is 2.06. The van der Waals surface area contributed by atoms with Crippen LogP contribution in [0.4, 0.5) is 4.39 Å². The van der Waals surface area contributed by atoms with E-state index in [9.17, 15) is 9.18 Å². The van der Waals surface area contributed by atoms with Crippen LogP contribution < -0.4 is 10.1 Å². The van der Waals surface area contributed by atoms with Crippen molar-refractivity contribution < 1.29 is 18.7 Å². The van der Waals surface area contributed by atoms with Crippen LogP contribution in [0.3, 0.4) is 0 Å². The summed E-state index contributed by atoms with van der Waals surface area (Å²) in [5.41, 5.74) is 1.42. The molecule has 2 aromatic rings. The molecule has 7 heteroatoms. The number of aromatic nitrogens is 2. The third-order valence-corrected chi connectivity index (χ3v) is 4.37. The van der Waals surface area contributed by atoms with Crippen LogP contribution >= 0.6 is 0 Å². The lowest BCUT2D eigenvalue weighted by molar-refractivity contribution is -0.0137. The SMILES string of the molecule is CCCc1cc(C(=O)N[C@@H]2CCOC[C@H]2Oc2cccc(F)c2)n(C)n1. The van der Waals surface area contributed by atoms with E-state index in [-0.39, 0.29) is 23.9 Å². The lowest BCUT2D eigenvalue weighted by Gasteiger charge is -2.32. The molecule has 2 atom stereocenters. The molecule has 26 heavy (non-hydrogen) atoms. The van der Waals surface area contributed by atoms with Crippen molar-refractivity contribution in [2.75, 3.05) is 13.2 Å². The molecule has 0 radical (unpaired) electrons. The summed E-state index contributed by atoms with van der Waals surface area (Å²) in [7, 11) is 1.76. The molecule has 1 aliphatic heterocycles. The van der Waals surface area contributed by atoms with Crippen molar-refractivity contribution in [1.82, 2.24) is 15.1 Å². The Labute approximate surface area is 152 Å². The van der Waals surface area contributed by atoms with Crippen LogP contribution in [-0.2, 0) is 18.2 Å². The van der Waals surface area contributed by atoms with E-state index in [0.717, 1.165) is 18.5 Å². The number of nitrogens with one attached hydrogen (secondary N) is 1. The second kappa shape index (κ2) is 8.31. The van der Waals surface area contributed by atoms with E-state index in [0.29, 0.717) is 31.1 Å². The summed E-state index contributed by atoms with van der Waals surface area (Å²) < 4.78 is 26.3. The molecule has 3 rings (SSSR count). The molecule has 1 aromatic carbocycles. The summed E-state index contributed by atoms with van der Waals surface area (Å²) >= 11 is 0. The van der Waals surface area contributed by atoms with E-state index in [1.807, 2.05) is 6.07 Å². The highest BCUT2D eigenvalue weighted by Crippen LogP contribution is 2.19. The van der Waals surface area contributed by atoms with Gasteiger partial charge in [0.2, 0.25) is 0 Å². The minimum absolute atomic E-state index is 0.193. The number of carbonyl (C=O) groups is 1. The van der Waals surface area contributed by atoms with Gasteiger partial charge < -0.3 is 14.8 Å². The van der Waals surface area contributed by atoms with E-state index in [1.54, 1.807) is 23.9 Å². The highest BCUT2D eigenvalue weighted by Gasteiger charge is 2.30. The molecule has 140 valence electrons. The Balaban J connectivity index is 1.68. The summed E-state index contributed by atoms with van der Waals surface area (Å²) in [5, 5.41) is 7.39. The van der Waals surface area contributed by atoms with Crippen molar-refractivity contribution in [2.45, 2.75) is 38.3 Å². The zero-order valence-corrected chi connectivity index (χ0v) is 15.1. The summed E-state index contributed by atoms with van der Waals surface area (Å²) in [6, 6.07) is 7.57. The first kappa shape index (κ1) is 18.4. The van der Waals surface area contributed by atoms with Crippen molar-refractivity contribution in [1.29, 1.82) is 0 Å². The van der Waals surface area contributed by atoms with Crippen molar-refractivity contribution in [2.24, 2.45) is 7.05 Å². The van der Waals surface area contributed by atoms with Gasteiger partial charge in [0.05, 0.1) is 18.3 Å². The summed E-state index contributed by atoms with van der Waals surface area (Å²) in [5.74, 6) is -0.134. The van der Waals surface area contributed by atoms with Crippen molar-refractivity contribution >= 4 is 5.91 Å². The monoisotopic (exact) mass is 361 g/mol. The van der Waals surface area contributed by atoms with Crippen molar-refractivity contribution in [3.63, 3.8) is 0 Å². The molecule has 1 saturated heterocycles. The molecule has 0 unspecified atom stereocenters. The number of amides is 1. The van der Waals surface area contributed by atoms with Gasteiger partial charge in [0.25, 0.3) is 5.91 Å². The number of halogens is 1. The number of rotatable bonds is 6. The third-order valence-electron chi connectivity index (χ3n) is 4.37. The number of ether oxygens (including phenoxy) is 2. The number of nitrogens with zero attached hydrogens (tertiary/aromatic N) is 2. The van der Waals surface area contributed by atoms with Crippen molar-refractivity contribution in [3.8, 4) is 5.75 Å². The molecular formula is C19H24FN3O3. The lowest BCUT2D eigenvalue weighted by Crippen LogP contribution is -2.51. The molecular weight excluding hydrogens is 337 g/mol. The highest BCUT2D eigenvalue weighted by molar-refractivity contribution is 5.92. The zero-order chi connectivity index (χ0) is 18.5. The average Bonchev–Trinajstić information content (AvgIpc) is 2.97. The van der Waals surface area contributed by atoms with E-state index < -0.39 is 0 Å². The fraction of sp³-hybridized carbons (Fsp3) is 0.474. The smallest absolute Gasteiger partial charge is 0.269 e. The van der Waals surface area contributed by atoms with Crippen LogP contribution in [0.1, 0.15) is 35.9 Å². The average molecular weight is 361 g/mol. The van der Waals surface area contributed by atoms with Crippen LogP contribution in [0, 0.1) is 5.82 Å². The predicted octanol–water partition coefficient (Wildman–Crippen LogP) is 2.48. The number of hydrogen-bond acceptors (Lipinski definition) is 4. The molecule has 1 aliphatic rings. The molecule has 1 N–H and O–H groups in total. The maximum atomic E-state index is 13.4. The highest BCUT2D eigenvalue weighted by atomic mass is 19.1. The van der Waals surface area contributed by atoms with Gasteiger partial charge in [-0.3, -0.25) is 9.48 Å². The summed E-state index contributed by atoms with van der Waals surface area (Å²) in [4.78, 5) is 12.7. The minimum Gasteiger partial charge on any atom is -0.486 e. The van der Waals surface area contributed by atoms with E-state index in [4.69, 9.17) is 9.47 Å². The van der Waals surface area contributed by atoms with Gasteiger partial charge in [-0.15, -0.1) is 0 Å². The standard InChI is InChI=1S/C19H24FN3O3/c1-3-5-14-11-17(23(2)22-14)19(24)21-16-8-9-25-12-18(16)26-15-7-4-6-13(20)10-15/h4,6-7,10-11,16,18H,3,5,8-9,12H2,1-2H3,(H,21,24)/t16-,18-/m1/s1. The fourth-order valence-corrected chi connectivity index (χ4v) is 3.07. The van der Waals surface area contributed by atoms with Gasteiger partial charge in [0.1, 0.15) is 23.4 Å². The van der Waals surface area contributed by atoms with Crippen LogP contribution in [0.5, 0.6) is 5.75 Å². The van der Waals surface area contributed by atoms with E-state index in [1.165, 1.54) is 12.1 Å². The topological polar surface area (TPSA) is 65.4 Å². The number of hydrogen-bond donors (Lipinski definition) is 1. The van der Waals surface area contributed by atoms with E-state index in [2.05, 4.69) is 17.3 Å². The molecule has 0 bridgehead atoms. The van der Waals surface area contributed by atoms with Crippen LogP contribution in [0.2, 0.25) is 0 Å². The molecule has 1 aromatic heterocycles. The Morgan fingerprint density at radius 2 is 2.31 bits per heavy atom. The largest absolute Gasteiger partial charge is 0.486 e. The second-order valence-corrected chi connectivity index (χ2v) is 6.45. The second-order valence-electron chi connectivity index (χ2n) is 6.45. The van der Waals surface area contributed by atoms with Gasteiger partial charge in [0, 0.05) is 19.7 Å². The molecule has 6 nitrogen and oxygen atoms in total. The first-order chi connectivity index (χ1) is 12.6. The molecule has 1 amide bonds. The number of benzene rings is 1. The Kier molecular flexibility index (Phi) is 5.88. The Bertz CT molecular complexity index is 762. The first-order valence-corrected chi connectivity index (χ1v) is 8.90. The molecule has 2 heterocycles. The van der Waals surface area contributed by atoms with Crippen molar-refractivity contribution in [3.05, 3.63) is 47.5 Å². The maximum absolute atomic E-state index is 13.4. The third kappa shape index (κ3) is 4.40. The lowest BCUT2D eigenvalue weighted by atomic mass is 10.1. The zero-order valence-electron chi connectivity index (χ0n) is 15.1.